The van der Waals surface area contributed by atoms with Crippen molar-refractivity contribution in [3.8, 4) is 0 Å². The molecule has 0 spiro atoms. The van der Waals surface area contributed by atoms with Crippen molar-refractivity contribution in [3.63, 3.8) is 0 Å². The van der Waals surface area contributed by atoms with E-state index in [1.54, 1.807) is 0 Å². The van der Waals surface area contributed by atoms with E-state index >= 15 is 0 Å². The van der Waals surface area contributed by atoms with Crippen LogP contribution in [0.15, 0.2) is 10.4 Å². The van der Waals surface area contributed by atoms with Gasteiger partial charge in [0.05, 0.1) is 5.37 Å². The Labute approximate surface area is 61.8 Å². The van der Waals surface area contributed by atoms with E-state index in [9.17, 15) is 0 Å². The topological polar surface area (TPSA) is 51.8 Å². The molecule has 0 aromatic carbocycles. The van der Waals surface area contributed by atoms with Crippen LogP contribution < -0.4 is 5.73 Å². The molecular weight excluding hydrogens is 154 g/mol. The predicted molar refractivity (Wildman–Crippen MR) is 39.4 cm³/mol. The van der Waals surface area contributed by atoms with Crippen molar-refractivity contribution >= 4 is 23.3 Å². The molecule has 0 aliphatic rings. The van der Waals surface area contributed by atoms with E-state index in [-0.39, 0.29) is 5.37 Å². The molecule has 0 aliphatic carbocycles. The molecule has 0 bridgehead atoms. The van der Waals surface area contributed by atoms with Crippen molar-refractivity contribution in [2.24, 2.45) is 5.73 Å². The van der Waals surface area contributed by atoms with Crippen LogP contribution in [-0.4, -0.2) is 15.0 Å². The van der Waals surface area contributed by atoms with Crippen molar-refractivity contribution in [3.05, 3.63) is 5.38 Å². The lowest BCUT2D eigenvalue weighted by molar-refractivity contribution is 0.998. The summed E-state index contributed by atoms with van der Waals surface area (Å²) < 4.78 is 3.69. The maximum atomic E-state index is 5.48. The first kappa shape index (κ1) is 6.98. The first-order chi connectivity index (χ1) is 4.29. The van der Waals surface area contributed by atoms with Gasteiger partial charge in [-0.05, 0) is 18.5 Å². The number of hydrogen-bond acceptors (Lipinski definition) is 5. The smallest absolute Gasteiger partial charge is 0.133 e. The molecule has 0 amide bonds. The minimum Gasteiger partial charge on any atom is -0.319 e. The molecule has 1 rings (SSSR count). The summed E-state index contributed by atoms with van der Waals surface area (Å²) in [6.07, 6.45) is 0. The molecule has 1 unspecified atom stereocenters. The van der Waals surface area contributed by atoms with Crippen molar-refractivity contribution in [2.45, 2.75) is 17.3 Å². The lowest BCUT2D eigenvalue weighted by Gasteiger charge is -1.97. The van der Waals surface area contributed by atoms with Gasteiger partial charge in [0, 0.05) is 5.38 Å². The van der Waals surface area contributed by atoms with Crippen LogP contribution in [-0.2, 0) is 0 Å². The molecule has 0 saturated carbocycles. The largest absolute Gasteiger partial charge is 0.319 e. The van der Waals surface area contributed by atoms with Crippen LogP contribution in [0.5, 0.6) is 0 Å². The van der Waals surface area contributed by atoms with Crippen molar-refractivity contribution in [2.75, 3.05) is 0 Å². The quantitative estimate of drug-likeness (QED) is 0.518. The van der Waals surface area contributed by atoms with Crippen molar-refractivity contribution in [1.82, 2.24) is 9.59 Å². The summed E-state index contributed by atoms with van der Waals surface area (Å²) in [5, 5.41) is 6.71. The van der Waals surface area contributed by atoms with Gasteiger partial charge in [-0.25, -0.2) is 0 Å². The number of aromatic nitrogens is 2. The molecule has 0 aliphatic heterocycles. The van der Waals surface area contributed by atoms with E-state index in [2.05, 4.69) is 9.59 Å². The van der Waals surface area contributed by atoms with Crippen molar-refractivity contribution in [1.29, 1.82) is 0 Å². The third-order valence-corrected chi connectivity index (χ3v) is 2.11. The maximum absolute atomic E-state index is 5.48. The Balaban J connectivity index is 2.48. The van der Waals surface area contributed by atoms with Gasteiger partial charge >= 0.3 is 0 Å². The average molecular weight is 161 g/mol. The normalized spacial score (nSPS) is 13.6. The number of nitrogens with zero attached hydrogens (tertiary/aromatic N) is 2. The van der Waals surface area contributed by atoms with Gasteiger partial charge < -0.3 is 5.73 Å². The number of thioether (sulfide) groups is 1. The molecule has 9 heavy (non-hydrogen) atoms. The van der Waals surface area contributed by atoms with Crippen LogP contribution in [0.1, 0.15) is 6.92 Å². The van der Waals surface area contributed by atoms with Gasteiger partial charge in [-0.3, -0.25) is 0 Å². The van der Waals surface area contributed by atoms with Crippen LogP contribution in [0.2, 0.25) is 0 Å². The fourth-order valence-electron chi connectivity index (χ4n) is 0.398. The molecule has 5 heteroatoms. The van der Waals surface area contributed by atoms with E-state index in [1.165, 1.54) is 23.3 Å². The Kier molecular flexibility index (Phi) is 2.44. The summed E-state index contributed by atoms with van der Waals surface area (Å²) in [5.74, 6) is 0. The van der Waals surface area contributed by atoms with Crippen LogP contribution in [0.3, 0.4) is 0 Å². The van der Waals surface area contributed by atoms with E-state index in [4.69, 9.17) is 5.73 Å². The molecular formula is C4H7N3S2. The first-order valence-electron chi connectivity index (χ1n) is 2.48. The fraction of sp³-hybridized carbons (Fsp3) is 0.500. The maximum Gasteiger partial charge on any atom is 0.133 e. The van der Waals surface area contributed by atoms with Gasteiger partial charge in [-0.1, -0.05) is 16.3 Å². The van der Waals surface area contributed by atoms with Gasteiger partial charge in [-0.2, -0.15) is 0 Å². The van der Waals surface area contributed by atoms with Crippen LogP contribution in [0, 0.1) is 0 Å². The zero-order valence-electron chi connectivity index (χ0n) is 4.94. The zero-order chi connectivity index (χ0) is 6.69. The molecule has 1 aromatic heterocycles. The molecule has 2 N–H and O–H groups in total. The summed E-state index contributed by atoms with van der Waals surface area (Å²) >= 11 is 2.86. The zero-order valence-corrected chi connectivity index (χ0v) is 6.58. The Morgan fingerprint density at radius 1 is 1.89 bits per heavy atom. The Morgan fingerprint density at radius 3 is 3.11 bits per heavy atom. The summed E-state index contributed by atoms with van der Waals surface area (Å²) in [6.45, 7) is 1.92. The number of rotatable bonds is 2. The Morgan fingerprint density at radius 2 is 2.67 bits per heavy atom. The van der Waals surface area contributed by atoms with Crippen LogP contribution in [0.25, 0.3) is 0 Å². The Hall–Kier alpha value is -0.130. The molecule has 3 nitrogen and oxygen atoms in total. The lowest BCUT2D eigenvalue weighted by Crippen LogP contribution is -2.08. The third-order valence-electron chi connectivity index (χ3n) is 0.647. The van der Waals surface area contributed by atoms with E-state index in [0.29, 0.717) is 0 Å². The third kappa shape index (κ3) is 2.30. The predicted octanol–water partition coefficient (Wildman–Crippen LogP) is 0.935. The van der Waals surface area contributed by atoms with Crippen molar-refractivity contribution < 1.29 is 0 Å². The highest BCUT2D eigenvalue weighted by Gasteiger charge is 1.99. The molecule has 1 atom stereocenters. The molecule has 0 radical (unpaired) electrons. The second-order valence-corrected chi connectivity index (χ2v) is 3.57. The van der Waals surface area contributed by atoms with E-state index in [1.807, 2.05) is 12.3 Å². The van der Waals surface area contributed by atoms with Gasteiger partial charge in [0.15, 0.2) is 0 Å². The molecule has 1 aromatic rings. The summed E-state index contributed by atoms with van der Waals surface area (Å²) in [5.41, 5.74) is 5.48. The average Bonchev–Trinajstić information content (AvgIpc) is 2.15. The van der Waals surface area contributed by atoms with Crippen LogP contribution in [0.4, 0.5) is 0 Å². The highest BCUT2D eigenvalue weighted by atomic mass is 32.2. The molecule has 0 saturated heterocycles. The summed E-state index contributed by atoms with van der Waals surface area (Å²) in [7, 11) is 0. The number of nitrogens with two attached hydrogens (primary N) is 1. The first-order valence-corrected chi connectivity index (χ1v) is 4.20. The van der Waals surface area contributed by atoms with E-state index in [0.717, 1.165) is 5.03 Å². The van der Waals surface area contributed by atoms with Gasteiger partial charge in [0.1, 0.15) is 5.03 Å². The second kappa shape index (κ2) is 3.14. The molecule has 0 fully saturated rings. The monoisotopic (exact) mass is 161 g/mol. The lowest BCUT2D eigenvalue weighted by atomic mass is 10.8. The summed E-state index contributed by atoms with van der Waals surface area (Å²) in [6, 6.07) is 0. The Bertz CT molecular complexity index is 160. The number of hydrogen-bond donors (Lipinski definition) is 1. The van der Waals surface area contributed by atoms with Crippen LogP contribution >= 0.6 is 23.3 Å². The minimum absolute atomic E-state index is 0.105. The minimum atomic E-state index is 0.105. The van der Waals surface area contributed by atoms with Gasteiger partial charge in [0.2, 0.25) is 0 Å². The highest BCUT2D eigenvalue weighted by Crippen LogP contribution is 2.17. The summed E-state index contributed by atoms with van der Waals surface area (Å²) in [4.78, 5) is 0. The standard InChI is InChI=1S/C4H7N3S2/c1-3(5)9-4-2-8-7-6-4/h2-3H,5H2,1H3. The SMILES string of the molecule is CC(N)Sc1csnn1. The second-order valence-electron chi connectivity index (χ2n) is 1.57. The van der Waals surface area contributed by atoms with Gasteiger partial charge in [-0.15, -0.1) is 5.10 Å². The van der Waals surface area contributed by atoms with Gasteiger partial charge in [0.25, 0.3) is 0 Å². The highest BCUT2D eigenvalue weighted by molar-refractivity contribution is 7.99. The fourth-order valence-corrected chi connectivity index (χ4v) is 1.59. The molecule has 1 heterocycles. The van der Waals surface area contributed by atoms with E-state index < -0.39 is 0 Å². The molecule has 50 valence electrons.